The second kappa shape index (κ2) is 2.26. The highest BCUT2D eigenvalue weighted by Crippen LogP contribution is 2.42. The van der Waals surface area contributed by atoms with Gasteiger partial charge in [0.2, 0.25) is 0 Å². The zero-order valence-electron chi connectivity index (χ0n) is 7.46. The number of aryl methyl sites for hydroxylation is 2. The molecule has 0 amide bonds. The molecule has 0 aromatic carbocycles. The van der Waals surface area contributed by atoms with E-state index < -0.39 is 0 Å². The lowest BCUT2D eigenvalue weighted by atomic mass is 10.1. The molecule has 3 heteroatoms. The zero-order valence-corrected chi connectivity index (χ0v) is 7.46. The topological polar surface area (TPSA) is 51.8 Å². The van der Waals surface area contributed by atoms with Crippen LogP contribution in [0.15, 0.2) is 6.20 Å². The van der Waals surface area contributed by atoms with Crippen LogP contribution in [0.4, 0.5) is 0 Å². The number of aromatic nitrogens is 2. The number of rotatable bonds is 1. The average Bonchev–Trinajstić information content (AvgIpc) is 2.75. The molecule has 1 heterocycles. The van der Waals surface area contributed by atoms with E-state index in [1.807, 2.05) is 13.8 Å². The quantitative estimate of drug-likeness (QED) is 0.673. The summed E-state index contributed by atoms with van der Waals surface area (Å²) in [6.07, 6.45) is 3.88. The number of nitrogens with zero attached hydrogens (tertiary/aromatic N) is 2. The van der Waals surface area contributed by atoms with E-state index in [1.165, 1.54) is 0 Å². The molecule has 3 nitrogen and oxygen atoms in total. The molecule has 1 aromatic rings. The summed E-state index contributed by atoms with van der Waals surface area (Å²) in [4.78, 5) is 8.66. The lowest BCUT2D eigenvalue weighted by Crippen LogP contribution is -2.22. The van der Waals surface area contributed by atoms with E-state index in [-0.39, 0.29) is 5.54 Å². The van der Waals surface area contributed by atoms with Crippen molar-refractivity contribution in [1.82, 2.24) is 9.97 Å². The molecule has 0 unspecified atom stereocenters. The minimum atomic E-state index is -0.150. The average molecular weight is 163 g/mol. The van der Waals surface area contributed by atoms with E-state index in [9.17, 15) is 0 Å². The van der Waals surface area contributed by atoms with Gasteiger partial charge >= 0.3 is 0 Å². The third-order valence-electron chi connectivity index (χ3n) is 2.34. The second-order valence-corrected chi connectivity index (χ2v) is 3.60. The van der Waals surface area contributed by atoms with Gasteiger partial charge in [-0.1, -0.05) is 0 Å². The Morgan fingerprint density at radius 2 is 2.08 bits per heavy atom. The van der Waals surface area contributed by atoms with Gasteiger partial charge in [-0.05, 0) is 26.7 Å². The molecule has 64 valence electrons. The van der Waals surface area contributed by atoms with E-state index >= 15 is 0 Å². The fourth-order valence-electron chi connectivity index (χ4n) is 1.38. The van der Waals surface area contributed by atoms with E-state index in [0.717, 1.165) is 29.9 Å². The van der Waals surface area contributed by atoms with E-state index in [1.54, 1.807) is 6.20 Å². The third kappa shape index (κ3) is 1.10. The van der Waals surface area contributed by atoms with Crippen LogP contribution in [0.3, 0.4) is 0 Å². The maximum Gasteiger partial charge on any atom is 0.0817 e. The zero-order chi connectivity index (χ0) is 8.77. The summed E-state index contributed by atoms with van der Waals surface area (Å²) >= 11 is 0. The maximum absolute atomic E-state index is 6.04. The fraction of sp³-hybridized carbons (Fsp3) is 0.556. The van der Waals surface area contributed by atoms with Gasteiger partial charge in [-0.15, -0.1) is 0 Å². The first-order valence-electron chi connectivity index (χ1n) is 4.21. The monoisotopic (exact) mass is 163 g/mol. The Balaban J connectivity index is 2.48. The molecule has 0 bridgehead atoms. The van der Waals surface area contributed by atoms with Gasteiger partial charge in [0.15, 0.2) is 0 Å². The van der Waals surface area contributed by atoms with Crippen molar-refractivity contribution >= 4 is 0 Å². The van der Waals surface area contributed by atoms with Crippen molar-refractivity contribution in [3.05, 3.63) is 23.3 Å². The van der Waals surface area contributed by atoms with Crippen molar-refractivity contribution in [3.8, 4) is 0 Å². The Morgan fingerprint density at radius 1 is 1.42 bits per heavy atom. The van der Waals surface area contributed by atoms with Crippen LogP contribution in [0.1, 0.15) is 29.9 Å². The molecule has 1 aliphatic carbocycles. The number of nitrogens with two attached hydrogens (primary N) is 1. The Hall–Kier alpha value is -0.960. The highest BCUT2D eigenvalue weighted by atomic mass is 14.9. The van der Waals surface area contributed by atoms with Gasteiger partial charge in [-0.3, -0.25) is 9.97 Å². The predicted octanol–water partition coefficient (Wildman–Crippen LogP) is 1.04. The molecule has 0 radical (unpaired) electrons. The smallest absolute Gasteiger partial charge is 0.0817 e. The minimum Gasteiger partial charge on any atom is -0.320 e. The van der Waals surface area contributed by atoms with Crippen LogP contribution >= 0.6 is 0 Å². The van der Waals surface area contributed by atoms with Crippen LogP contribution in [-0.4, -0.2) is 9.97 Å². The van der Waals surface area contributed by atoms with Gasteiger partial charge in [0.1, 0.15) is 0 Å². The van der Waals surface area contributed by atoms with Crippen molar-refractivity contribution in [2.45, 2.75) is 32.2 Å². The molecule has 2 N–H and O–H groups in total. The molecule has 12 heavy (non-hydrogen) atoms. The van der Waals surface area contributed by atoms with Crippen molar-refractivity contribution in [3.63, 3.8) is 0 Å². The summed E-state index contributed by atoms with van der Waals surface area (Å²) in [5.74, 6) is 0. The Kier molecular flexibility index (Phi) is 1.45. The first kappa shape index (κ1) is 7.68. The molecule has 1 fully saturated rings. The van der Waals surface area contributed by atoms with Crippen molar-refractivity contribution < 1.29 is 0 Å². The first-order valence-corrected chi connectivity index (χ1v) is 4.21. The van der Waals surface area contributed by atoms with E-state index in [0.29, 0.717) is 0 Å². The molecule has 0 atom stereocenters. The normalized spacial score (nSPS) is 19.2. The molecule has 0 aliphatic heterocycles. The summed E-state index contributed by atoms with van der Waals surface area (Å²) in [6, 6.07) is 0. The fourth-order valence-corrected chi connectivity index (χ4v) is 1.38. The molecule has 1 aromatic heterocycles. The van der Waals surface area contributed by atoms with Crippen LogP contribution in [0.5, 0.6) is 0 Å². The summed E-state index contributed by atoms with van der Waals surface area (Å²) in [6.45, 7) is 3.91. The third-order valence-corrected chi connectivity index (χ3v) is 2.34. The van der Waals surface area contributed by atoms with Gasteiger partial charge in [0.25, 0.3) is 0 Å². The van der Waals surface area contributed by atoms with E-state index in [4.69, 9.17) is 5.73 Å². The molecular weight excluding hydrogens is 150 g/mol. The summed E-state index contributed by atoms with van der Waals surface area (Å²) in [7, 11) is 0. The Labute approximate surface area is 72.0 Å². The molecular formula is C9H13N3. The largest absolute Gasteiger partial charge is 0.320 e. The van der Waals surface area contributed by atoms with Crippen LogP contribution in [0.2, 0.25) is 0 Å². The van der Waals surface area contributed by atoms with Gasteiger partial charge < -0.3 is 5.73 Å². The molecule has 1 aliphatic rings. The summed E-state index contributed by atoms with van der Waals surface area (Å²) in [5.41, 5.74) is 8.80. The van der Waals surface area contributed by atoms with Gasteiger partial charge in [0.05, 0.1) is 22.6 Å². The van der Waals surface area contributed by atoms with Gasteiger partial charge in [-0.25, -0.2) is 0 Å². The lowest BCUT2D eigenvalue weighted by Gasteiger charge is -2.10. The van der Waals surface area contributed by atoms with Crippen molar-refractivity contribution in [1.29, 1.82) is 0 Å². The highest BCUT2D eigenvalue weighted by molar-refractivity contribution is 5.26. The molecule has 0 saturated heterocycles. The maximum atomic E-state index is 6.04. The lowest BCUT2D eigenvalue weighted by molar-refractivity contribution is 0.686. The SMILES string of the molecule is Cc1cnc(C)c(C2(N)CC2)n1. The van der Waals surface area contributed by atoms with Crippen LogP contribution in [-0.2, 0) is 5.54 Å². The number of hydrogen-bond donors (Lipinski definition) is 1. The Bertz CT molecular complexity index is 316. The van der Waals surface area contributed by atoms with Gasteiger partial charge in [0, 0.05) is 6.20 Å². The standard InChI is InChI=1S/C9H13N3/c1-6-5-11-7(2)8(12-6)9(10)3-4-9/h5H,3-4,10H2,1-2H3. The first-order chi connectivity index (χ1) is 5.62. The molecule has 1 saturated carbocycles. The number of hydrogen-bond acceptors (Lipinski definition) is 3. The molecule has 0 spiro atoms. The van der Waals surface area contributed by atoms with Gasteiger partial charge in [-0.2, -0.15) is 0 Å². The summed E-state index contributed by atoms with van der Waals surface area (Å²) in [5, 5.41) is 0. The highest BCUT2D eigenvalue weighted by Gasteiger charge is 2.42. The van der Waals surface area contributed by atoms with Crippen LogP contribution in [0, 0.1) is 13.8 Å². The van der Waals surface area contributed by atoms with Crippen LogP contribution in [0.25, 0.3) is 0 Å². The molecule has 2 rings (SSSR count). The predicted molar refractivity (Wildman–Crippen MR) is 46.6 cm³/mol. The van der Waals surface area contributed by atoms with E-state index in [2.05, 4.69) is 9.97 Å². The van der Waals surface area contributed by atoms with Crippen molar-refractivity contribution in [2.75, 3.05) is 0 Å². The minimum absolute atomic E-state index is 0.150. The summed E-state index contributed by atoms with van der Waals surface area (Å²) < 4.78 is 0. The van der Waals surface area contributed by atoms with Crippen LogP contribution < -0.4 is 5.73 Å². The Morgan fingerprint density at radius 3 is 2.67 bits per heavy atom. The van der Waals surface area contributed by atoms with Crippen molar-refractivity contribution in [2.24, 2.45) is 5.73 Å². The second-order valence-electron chi connectivity index (χ2n) is 3.60.